The van der Waals surface area contributed by atoms with Crippen molar-refractivity contribution in [3.8, 4) is 0 Å². The fraction of sp³-hybridized carbons (Fsp3) is 1.00. The molecular formula is C10H20N2O5S2. The maximum Gasteiger partial charge on any atom is 0.212 e. The molecule has 1 saturated carbocycles. The van der Waals surface area contributed by atoms with Gasteiger partial charge in [0.05, 0.1) is 23.7 Å². The van der Waals surface area contributed by atoms with Gasteiger partial charge in [0, 0.05) is 24.8 Å². The molecule has 2 fully saturated rings. The van der Waals surface area contributed by atoms with Gasteiger partial charge in [0.2, 0.25) is 10.0 Å². The molecule has 1 aliphatic heterocycles. The number of nitrogens with two attached hydrogens (primary N) is 1. The van der Waals surface area contributed by atoms with E-state index in [1.165, 1.54) is 0 Å². The molecule has 4 atom stereocenters. The van der Waals surface area contributed by atoms with E-state index in [1.54, 1.807) is 0 Å². The minimum absolute atomic E-state index is 0.170. The SMILES string of the molecule is CS(=O)(=O)CCS(=O)(=O)NC1C(N)C2CCCOC21. The Morgan fingerprint density at radius 3 is 2.58 bits per heavy atom. The van der Waals surface area contributed by atoms with E-state index in [-0.39, 0.29) is 23.8 Å². The normalized spacial score (nSPS) is 35.5. The molecule has 112 valence electrons. The molecule has 0 aromatic carbocycles. The first kappa shape index (κ1) is 15.2. The van der Waals surface area contributed by atoms with Crippen molar-refractivity contribution in [3.05, 3.63) is 0 Å². The number of hydrogen-bond donors (Lipinski definition) is 2. The fourth-order valence-corrected chi connectivity index (χ4v) is 5.53. The van der Waals surface area contributed by atoms with Crippen LogP contribution in [0, 0.1) is 5.92 Å². The molecule has 3 N–H and O–H groups in total. The number of ether oxygens (including phenoxy) is 1. The van der Waals surface area contributed by atoms with Crippen LogP contribution < -0.4 is 10.5 Å². The summed E-state index contributed by atoms with van der Waals surface area (Å²) in [7, 11) is -6.95. The van der Waals surface area contributed by atoms with Gasteiger partial charge in [0.1, 0.15) is 9.84 Å². The highest BCUT2D eigenvalue weighted by Crippen LogP contribution is 2.37. The number of hydrogen-bond acceptors (Lipinski definition) is 6. The molecule has 1 saturated heterocycles. The van der Waals surface area contributed by atoms with Gasteiger partial charge in [-0.05, 0) is 12.8 Å². The largest absolute Gasteiger partial charge is 0.376 e. The summed E-state index contributed by atoms with van der Waals surface area (Å²) in [5.41, 5.74) is 5.94. The summed E-state index contributed by atoms with van der Waals surface area (Å²) in [6.07, 6.45) is 2.74. The number of sulfonamides is 1. The molecule has 7 nitrogen and oxygen atoms in total. The van der Waals surface area contributed by atoms with Crippen LogP contribution in [0.15, 0.2) is 0 Å². The van der Waals surface area contributed by atoms with Crippen molar-refractivity contribution in [1.29, 1.82) is 0 Å². The third-order valence-corrected chi connectivity index (χ3v) is 6.29. The summed E-state index contributed by atoms with van der Waals surface area (Å²) >= 11 is 0. The second-order valence-electron chi connectivity index (χ2n) is 5.31. The summed E-state index contributed by atoms with van der Waals surface area (Å²) in [5, 5.41) is 0. The van der Waals surface area contributed by atoms with E-state index in [0.717, 1.165) is 19.1 Å². The topological polar surface area (TPSA) is 116 Å². The highest BCUT2D eigenvalue weighted by molar-refractivity contribution is 7.93. The molecule has 0 aromatic heterocycles. The zero-order valence-corrected chi connectivity index (χ0v) is 12.4. The standard InChI is InChI=1S/C10H20N2O5S2/c1-18(13,14)5-6-19(15,16)12-9-8(11)7-3-2-4-17-10(7)9/h7-10,12H,2-6,11H2,1H3. The van der Waals surface area contributed by atoms with Crippen molar-refractivity contribution >= 4 is 19.9 Å². The molecule has 2 rings (SSSR count). The molecule has 1 heterocycles. The Bertz CT molecular complexity index is 530. The van der Waals surface area contributed by atoms with Crippen LogP contribution in [-0.4, -0.2) is 59.4 Å². The zero-order valence-electron chi connectivity index (χ0n) is 10.8. The molecule has 2 aliphatic rings. The van der Waals surface area contributed by atoms with Crippen LogP contribution in [0.25, 0.3) is 0 Å². The lowest BCUT2D eigenvalue weighted by Crippen LogP contribution is -2.72. The summed E-state index contributed by atoms with van der Waals surface area (Å²) < 4.78 is 53.6. The first-order valence-electron chi connectivity index (χ1n) is 6.24. The van der Waals surface area contributed by atoms with Gasteiger partial charge in [0.25, 0.3) is 0 Å². The molecular weight excluding hydrogens is 292 g/mol. The van der Waals surface area contributed by atoms with E-state index in [9.17, 15) is 16.8 Å². The lowest BCUT2D eigenvalue weighted by atomic mass is 9.69. The van der Waals surface area contributed by atoms with Crippen molar-refractivity contribution in [2.45, 2.75) is 31.0 Å². The van der Waals surface area contributed by atoms with E-state index < -0.39 is 31.7 Å². The van der Waals surface area contributed by atoms with Crippen LogP contribution in [0.4, 0.5) is 0 Å². The third kappa shape index (κ3) is 3.66. The smallest absolute Gasteiger partial charge is 0.212 e. The zero-order chi connectivity index (χ0) is 14.3. The number of rotatable bonds is 5. The van der Waals surface area contributed by atoms with Crippen LogP contribution in [-0.2, 0) is 24.6 Å². The van der Waals surface area contributed by atoms with Gasteiger partial charge in [-0.25, -0.2) is 21.6 Å². The lowest BCUT2D eigenvalue weighted by Gasteiger charge is -2.52. The van der Waals surface area contributed by atoms with E-state index >= 15 is 0 Å². The molecule has 1 aliphatic carbocycles. The molecule has 0 spiro atoms. The Kier molecular flexibility index (Phi) is 4.22. The Balaban J connectivity index is 1.93. The summed E-state index contributed by atoms with van der Waals surface area (Å²) in [4.78, 5) is 0. The van der Waals surface area contributed by atoms with Gasteiger partial charge in [0.15, 0.2) is 0 Å². The molecule has 0 amide bonds. The number of fused-ring (bicyclic) bond motifs is 1. The summed E-state index contributed by atoms with van der Waals surface area (Å²) in [5.74, 6) is -0.623. The quantitative estimate of drug-likeness (QED) is 0.635. The third-order valence-electron chi connectivity index (χ3n) is 3.72. The fourth-order valence-electron chi connectivity index (χ4n) is 2.62. The molecule has 4 unspecified atom stereocenters. The van der Waals surface area contributed by atoms with Crippen molar-refractivity contribution < 1.29 is 21.6 Å². The monoisotopic (exact) mass is 312 g/mol. The highest BCUT2D eigenvalue weighted by atomic mass is 32.2. The lowest BCUT2D eigenvalue weighted by molar-refractivity contribution is -0.114. The van der Waals surface area contributed by atoms with E-state index in [0.29, 0.717) is 6.61 Å². The first-order valence-corrected chi connectivity index (χ1v) is 9.96. The van der Waals surface area contributed by atoms with Crippen molar-refractivity contribution in [1.82, 2.24) is 4.72 Å². The first-order chi connectivity index (χ1) is 8.70. The minimum Gasteiger partial charge on any atom is -0.376 e. The van der Waals surface area contributed by atoms with Gasteiger partial charge < -0.3 is 10.5 Å². The van der Waals surface area contributed by atoms with E-state index in [1.807, 2.05) is 0 Å². The Morgan fingerprint density at radius 1 is 1.26 bits per heavy atom. The number of sulfone groups is 1. The van der Waals surface area contributed by atoms with E-state index in [2.05, 4.69) is 4.72 Å². The van der Waals surface area contributed by atoms with Gasteiger partial charge in [-0.3, -0.25) is 0 Å². The Labute approximate surface area is 113 Å². The molecule has 9 heteroatoms. The average molecular weight is 312 g/mol. The van der Waals surface area contributed by atoms with Crippen molar-refractivity contribution in [2.75, 3.05) is 24.4 Å². The second kappa shape index (κ2) is 5.28. The van der Waals surface area contributed by atoms with Crippen LogP contribution in [0.2, 0.25) is 0 Å². The van der Waals surface area contributed by atoms with Crippen LogP contribution in [0.1, 0.15) is 12.8 Å². The van der Waals surface area contributed by atoms with Crippen LogP contribution >= 0.6 is 0 Å². The van der Waals surface area contributed by atoms with E-state index in [4.69, 9.17) is 10.5 Å². The second-order valence-corrected chi connectivity index (χ2v) is 9.44. The number of nitrogens with one attached hydrogen (secondary N) is 1. The predicted molar refractivity (Wildman–Crippen MR) is 70.9 cm³/mol. The summed E-state index contributed by atoms with van der Waals surface area (Å²) in [6, 6.07) is -0.687. The molecule has 0 aromatic rings. The highest BCUT2D eigenvalue weighted by Gasteiger charge is 2.51. The Morgan fingerprint density at radius 2 is 1.95 bits per heavy atom. The van der Waals surface area contributed by atoms with Gasteiger partial charge in [-0.15, -0.1) is 0 Å². The average Bonchev–Trinajstić information content (AvgIpc) is 2.33. The summed E-state index contributed by atoms with van der Waals surface area (Å²) in [6.45, 7) is 0.620. The maximum atomic E-state index is 11.8. The Hall–Kier alpha value is -0.220. The van der Waals surface area contributed by atoms with Crippen LogP contribution in [0.3, 0.4) is 0 Å². The maximum absolute atomic E-state index is 11.8. The van der Waals surface area contributed by atoms with Crippen LogP contribution in [0.5, 0.6) is 0 Å². The molecule has 0 bridgehead atoms. The molecule has 0 radical (unpaired) electrons. The van der Waals surface area contributed by atoms with Crippen molar-refractivity contribution in [2.24, 2.45) is 11.7 Å². The van der Waals surface area contributed by atoms with Crippen molar-refractivity contribution in [3.63, 3.8) is 0 Å². The molecule has 19 heavy (non-hydrogen) atoms. The predicted octanol–water partition coefficient (Wildman–Crippen LogP) is -1.54. The minimum atomic E-state index is -3.65. The van der Waals surface area contributed by atoms with Gasteiger partial charge >= 0.3 is 0 Å². The van der Waals surface area contributed by atoms with Gasteiger partial charge in [-0.1, -0.05) is 0 Å². The van der Waals surface area contributed by atoms with Gasteiger partial charge in [-0.2, -0.15) is 0 Å².